The molecule has 0 aliphatic carbocycles. The first kappa shape index (κ1) is 14.4. The predicted octanol–water partition coefficient (Wildman–Crippen LogP) is 2.46. The monoisotopic (exact) mass is 277 g/mol. The molecule has 0 atom stereocenters. The van der Waals surface area contributed by atoms with Gasteiger partial charge in [-0.15, -0.1) is 0 Å². The molecule has 0 saturated carbocycles. The van der Waals surface area contributed by atoms with E-state index in [1.165, 1.54) is 0 Å². The third kappa shape index (κ3) is 3.73. The van der Waals surface area contributed by atoms with Crippen molar-refractivity contribution < 1.29 is 19.1 Å². The van der Waals surface area contributed by atoms with E-state index in [2.05, 4.69) is 0 Å². The van der Waals surface area contributed by atoms with Crippen LogP contribution in [0.1, 0.15) is 19.8 Å². The largest absolute Gasteiger partial charge is 0.466 e. The van der Waals surface area contributed by atoms with Crippen molar-refractivity contribution in [2.24, 2.45) is 5.92 Å². The minimum Gasteiger partial charge on any atom is -0.466 e. The van der Waals surface area contributed by atoms with Gasteiger partial charge in [0.05, 0.1) is 12.5 Å². The fraction of sp³-hybridized carbons (Fsp3) is 0.467. The van der Waals surface area contributed by atoms with Crippen molar-refractivity contribution in [1.82, 2.24) is 4.90 Å². The highest BCUT2D eigenvalue weighted by molar-refractivity contribution is 5.74. The number of benzene rings is 1. The summed E-state index contributed by atoms with van der Waals surface area (Å²) >= 11 is 0. The molecule has 1 fully saturated rings. The molecule has 108 valence electrons. The number of para-hydroxylation sites is 1. The molecule has 5 nitrogen and oxygen atoms in total. The van der Waals surface area contributed by atoms with Crippen molar-refractivity contribution in [3.05, 3.63) is 30.3 Å². The number of hydrogen-bond donors (Lipinski definition) is 0. The van der Waals surface area contributed by atoms with Crippen LogP contribution < -0.4 is 4.74 Å². The van der Waals surface area contributed by atoms with E-state index < -0.39 is 0 Å². The van der Waals surface area contributed by atoms with E-state index in [0.29, 0.717) is 38.3 Å². The number of nitrogens with zero attached hydrogens (tertiary/aromatic N) is 1. The van der Waals surface area contributed by atoms with Crippen LogP contribution in [0.25, 0.3) is 0 Å². The first-order valence-corrected chi connectivity index (χ1v) is 6.89. The zero-order chi connectivity index (χ0) is 14.4. The van der Waals surface area contributed by atoms with E-state index in [9.17, 15) is 9.59 Å². The van der Waals surface area contributed by atoms with Gasteiger partial charge in [-0.2, -0.15) is 0 Å². The van der Waals surface area contributed by atoms with Crippen LogP contribution in [-0.2, 0) is 9.53 Å². The Kier molecular flexibility index (Phi) is 4.98. The summed E-state index contributed by atoms with van der Waals surface area (Å²) in [5.74, 6) is 0.268. The van der Waals surface area contributed by atoms with Crippen molar-refractivity contribution in [2.75, 3.05) is 19.7 Å². The molecule has 0 radical (unpaired) electrons. The Hall–Kier alpha value is -2.04. The van der Waals surface area contributed by atoms with Crippen molar-refractivity contribution in [3.8, 4) is 5.75 Å². The highest BCUT2D eigenvalue weighted by Gasteiger charge is 2.28. The molecular formula is C15H19NO4. The molecule has 1 saturated heterocycles. The van der Waals surface area contributed by atoms with E-state index in [0.717, 1.165) is 0 Å². The summed E-state index contributed by atoms with van der Waals surface area (Å²) in [5, 5.41) is 0. The molecule has 1 aliphatic heterocycles. The number of rotatable bonds is 3. The molecule has 0 bridgehead atoms. The first-order chi connectivity index (χ1) is 9.70. The minimum atomic E-state index is -0.362. The second kappa shape index (κ2) is 6.93. The number of carbonyl (C=O) groups is 2. The molecule has 2 rings (SSSR count). The Morgan fingerprint density at radius 2 is 1.85 bits per heavy atom. The summed E-state index contributed by atoms with van der Waals surface area (Å²) in [6.45, 7) is 3.24. The lowest BCUT2D eigenvalue weighted by Gasteiger charge is -2.29. The number of ether oxygens (including phenoxy) is 2. The van der Waals surface area contributed by atoms with Crippen LogP contribution in [-0.4, -0.2) is 36.7 Å². The summed E-state index contributed by atoms with van der Waals surface area (Å²) in [6, 6.07) is 8.97. The normalized spacial score (nSPS) is 15.8. The smallest absolute Gasteiger partial charge is 0.415 e. The van der Waals surface area contributed by atoms with E-state index in [-0.39, 0.29) is 18.0 Å². The topological polar surface area (TPSA) is 55.8 Å². The summed E-state index contributed by atoms with van der Waals surface area (Å²) in [7, 11) is 0. The molecule has 0 aromatic heterocycles. The van der Waals surface area contributed by atoms with E-state index >= 15 is 0 Å². The molecule has 20 heavy (non-hydrogen) atoms. The van der Waals surface area contributed by atoms with Crippen LogP contribution in [0.2, 0.25) is 0 Å². The molecular weight excluding hydrogens is 258 g/mol. The van der Waals surface area contributed by atoms with Gasteiger partial charge in [0, 0.05) is 13.1 Å². The zero-order valence-electron chi connectivity index (χ0n) is 11.6. The van der Waals surface area contributed by atoms with Crippen LogP contribution in [0.5, 0.6) is 5.75 Å². The Morgan fingerprint density at radius 3 is 2.45 bits per heavy atom. The molecule has 0 N–H and O–H groups in total. The molecule has 0 spiro atoms. The van der Waals surface area contributed by atoms with Crippen molar-refractivity contribution >= 4 is 12.1 Å². The van der Waals surface area contributed by atoms with Gasteiger partial charge < -0.3 is 14.4 Å². The third-order valence-corrected chi connectivity index (χ3v) is 3.32. The number of likely N-dealkylation sites (tertiary alicyclic amines) is 1. The Labute approximate surface area is 118 Å². The van der Waals surface area contributed by atoms with Crippen molar-refractivity contribution in [1.29, 1.82) is 0 Å². The predicted molar refractivity (Wildman–Crippen MR) is 73.4 cm³/mol. The molecule has 1 amide bonds. The third-order valence-electron chi connectivity index (χ3n) is 3.32. The van der Waals surface area contributed by atoms with Gasteiger partial charge in [-0.05, 0) is 31.9 Å². The second-order valence-electron chi connectivity index (χ2n) is 4.69. The molecule has 1 aromatic carbocycles. The summed E-state index contributed by atoms with van der Waals surface area (Å²) in [4.78, 5) is 25.2. The average molecular weight is 277 g/mol. The number of amides is 1. The molecule has 1 aromatic rings. The summed E-state index contributed by atoms with van der Waals surface area (Å²) in [5.41, 5.74) is 0. The van der Waals surface area contributed by atoms with Crippen LogP contribution >= 0.6 is 0 Å². The quantitative estimate of drug-likeness (QED) is 0.796. The zero-order valence-corrected chi connectivity index (χ0v) is 11.6. The number of hydrogen-bond acceptors (Lipinski definition) is 4. The lowest BCUT2D eigenvalue weighted by Crippen LogP contribution is -2.42. The standard InChI is InChI=1S/C15H19NO4/c1-2-19-14(17)12-8-10-16(11-9-12)15(18)20-13-6-4-3-5-7-13/h3-7,12H,2,8-11H2,1H3. The highest BCUT2D eigenvalue weighted by Crippen LogP contribution is 2.20. The van der Waals surface area contributed by atoms with Crippen LogP contribution in [0.15, 0.2) is 30.3 Å². The van der Waals surface area contributed by atoms with Crippen LogP contribution in [0.4, 0.5) is 4.79 Å². The van der Waals surface area contributed by atoms with Gasteiger partial charge >= 0.3 is 12.1 Å². The Balaban J connectivity index is 1.81. The van der Waals surface area contributed by atoms with Crippen LogP contribution in [0, 0.1) is 5.92 Å². The van der Waals surface area contributed by atoms with Gasteiger partial charge in [-0.3, -0.25) is 4.79 Å². The summed E-state index contributed by atoms with van der Waals surface area (Å²) < 4.78 is 10.3. The summed E-state index contributed by atoms with van der Waals surface area (Å²) in [6.07, 6.45) is 0.893. The van der Waals surface area contributed by atoms with Gasteiger partial charge in [0.15, 0.2) is 0 Å². The van der Waals surface area contributed by atoms with Crippen molar-refractivity contribution in [3.63, 3.8) is 0 Å². The highest BCUT2D eigenvalue weighted by atomic mass is 16.6. The molecule has 0 unspecified atom stereocenters. The average Bonchev–Trinajstić information content (AvgIpc) is 2.48. The lowest BCUT2D eigenvalue weighted by molar-refractivity contribution is -0.149. The fourth-order valence-corrected chi connectivity index (χ4v) is 2.21. The number of piperidine rings is 1. The Bertz CT molecular complexity index is 452. The van der Waals surface area contributed by atoms with Gasteiger partial charge in [0.25, 0.3) is 0 Å². The first-order valence-electron chi connectivity index (χ1n) is 6.89. The van der Waals surface area contributed by atoms with E-state index in [4.69, 9.17) is 9.47 Å². The van der Waals surface area contributed by atoms with E-state index in [1.807, 2.05) is 18.2 Å². The maximum Gasteiger partial charge on any atom is 0.415 e. The Morgan fingerprint density at radius 1 is 1.20 bits per heavy atom. The molecule has 1 heterocycles. The maximum absolute atomic E-state index is 12.0. The molecule has 1 aliphatic rings. The van der Waals surface area contributed by atoms with Gasteiger partial charge in [0.1, 0.15) is 5.75 Å². The number of carbonyl (C=O) groups excluding carboxylic acids is 2. The van der Waals surface area contributed by atoms with E-state index in [1.54, 1.807) is 24.0 Å². The van der Waals surface area contributed by atoms with Gasteiger partial charge in [-0.25, -0.2) is 4.79 Å². The SMILES string of the molecule is CCOC(=O)C1CCN(C(=O)Oc2ccccc2)CC1. The number of esters is 1. The van der Waals surface area contributed by atoms with Crippen molar-refractivity contribution in [2.45, 2.75) is 19.8 Å². The second-order valence-corrected chi connectivity index (χ2v) is 4.69. The van der Waals surface area contributed by atoms with Gasteiger partial charge in [0.2, 0.25) is 0 Å². The lowest BCUT2D eigenvalue weighted by atomic mass is 9.97. The van der Waals surface area contributed by atoms with Gasteiger partial charge in [-0.1, -0.05) is 18.2 Å². The maximum atomic E-state index is 12.0. The fourth-order valence-electron chi connectivity index (χ4n) is 2.21. The minimum absolute atomic E-state index is 0.101. The van der Waals surface area contributed by atoms with Crippen LogP contribution in [0.3, 0.4) is 0 Å². The molecule has 5 heteroatoms.